The molecular weight excluding hydrogens is 298 g/mol. The van der Waals surface area contributed by atoms with Gasteiger partial charge in [-0.2, -0.15) is 0 Å². The first-order valence-corrected chi connectivity index (χ1v) is 7.96. The van der Waals surface area contributed by atoms with Crippen LogP contribution < -0.4 is 5.56 Å². The molecule has 0 aromatic carbocycles. The summed E-state index contributed by atoms with van der Waals surface area (Å²) in [6.07, 6.45) is 3.04. The normalized spacial score (nSPS) is 26.0. The second-order valence-corrected chi connectivity index (χ2v) is 6.75. The van der Waals surface area contributed by atoms with Crippen LogP contribution in [0.3, 0.4) is 0 Å². The van der Waals surface area contributed by atoms with Crippen LogP contribution in [0.15, 0.2) is 10.9 Å². The summed E-state index contributed by atoms with van der Waals surface area (Å²) in [4.78, 5) is 42.5. The van der Waals surface area contributed by atoms with Crippen molar-refractivity contribution in [3.63, 3.8) is 0 Å². The SMILES string of the molecule is CN1C[C@]2(CCN(C(=O)c3cc4c([nH]c3=O)CCC4)C2)OC1=O. The Morgan fingerprint density at radius 1 is 1.30 bits per heavy atom. The molecule has 1 aliphatic carbocycles. The highest BCUT2D eigenvalue weighted by Crippen LogP contribution is 2.32. The van der Waals surface area contributed by atoms with E-state index in [4.69, 9.17) is 4.74 Å². The zero-order valence-corrected chi connectivity index (χ0v) is 13.1. The summed E-state index contributed by atoms with van der Waals surface area (Å²) in [7, 11) is 1.69. The van der Waals surface area contributed by atoms with E-state index >= 15 is 0 Å². The first-order valence-electron chi connectivity index (χ1n) is 7.96. The van der Waals surface area contributed by atoms with E-state index in [-0.39, 0.29) is 23.1 Å². The van der Waals surface area contributed by atoms with Gasteiger partial charge in [0.25, 0.3) is 11.5 Å². The van der Waals surface area contributed by atoms with Crippen molar-refractivity contribution < 1.29 is 14.3 Å². The van der Waals surface area contributed by atoms with E-state index in [1.165, 1.54) is 4.90 Å². The number of amides is 2. The number of rotatable bonds is 1. The topological polar surface area (TPSA) is 82.7 Å². The summed E-state index contributed by atoms with van der Waals surface area (Å²) in [6, 6.07) is 1.74. The molecular formula is C16H19N3O4. The number of carbonyl (C=O) groups is 2. The lowest BCUT2D eigenvalue weighted by Crippen LogP contribution is -2.40. The van der Waals surface area contributed by atoms with Gasteiger partial charge in [-0.25, -0.2) is 4.79 Å². The number of nitrogens with one attached hydrogen (secondary N) is 1. The first kappa shape index (κ1) is 14.3. The van der Waals surface area contributed by atoms with Crippen molar-refractivity contribution in [3.8, 4) is 0 Å². The van der Waals surface area contributed by atoms with E-state index in [0.717, 1.165) is 30.5 Å². The Morgan fingerprint density at radius 2 is 2.13 bits per heavy atom. The van der Waals surface area contributed by atoms with Crippen molar-refractivity contribution in [1.29, 1.82) is 0 Å². The summed E-state index contributed by atoms with van der Waals surface area (Å²) in [5, 5.41) is 0. The van der Waals surface area contributed by atoms with Crippen LogP contribution in [0.25, 0.3) is 0 Å². The van der Waals surface area contributed by atoms with E-state index in [1.54, 1.807) is 18.0 Å². The van der Waals surface area contributed by atoms with Crippen LogP contribution in [0.4, 0.5) is 4.79 Å². The van der Waals surface area contributed by atoms with Crippen molar-refractivity contribution in [2.45, 2.75) is 31.3 Å². The van der Waals surface area contributed by atoms with Crippen LogP contribution in [-0.2, 0) is 17.6 Å². The molecule has 23 heavy (non-hydrogen) atoms. The lowest BCUT2D eigenvalue weighted by Gasteiger charge is -2.21. The molecule has 3 aliphatic rings. The average Bonchev–Trinajstić information content (AvgIpc) is 3.18. The summed E-state index contributed by atoms with van der Waals surface area (Å²) < 4.78 is 5.45. The summed E-state index contributed by atoms with van der Waals surface area (Å²) in [5.74, 6) is -0.275. The van der Waals surface area contributed by atoms with Crippen LogP contribution in [0.1, 0.15) is 34.5 Å². The highest BCUT2D eigenvalue weighted by atomic mass is 16.6. The van der Waals surface area contributed by atoms with E-state index in [2.05, 4.69) is 4.98 Å². The van der Waals surface area contributed by atoms with Crippen LogP contribution >= 0.6 is 0 Å². The molecule has 122 valence electrons. The lowest BCUT2D eigenvalue weighted by molar-refractivity contribution is 0.0552. The van der Waals surface area contributed by atoms with Crippen LogP contribution in [0.2, 0.25) is 0 Å². The molecule has 2 saturated heterocycles. The third-order valence-corrected chi connectivity index (χ3v) is 5.06. The zero-order chi connectivity index (χ0) is 16.2. The fourth-order valence-corrected chi connectivity index (χ4v) is 3.87. The molecule has 2 fully saturated rings. The number of fused-ring (bicyclic) bond motifs is 1. The number of hydrogen-bond donors (Lipinski definition) is 1. The van der Waals surface area contributed by atoms with E-state index < -0.39 is 5.60 Å². The van der Waals surface area contributed by atoms with E-state index in [9.17, 15) is 14.4 Å². The van der Waals surface area contributed by atoms with Gasteiger partial charge in [-0.05, 0) is 30.9 Å². The van der Waals surface area contributed by atoms with Gasteiger partial charge in [0.05, 0.1) is 13.1 Å². The fourth-order valence-electron chi connectivity index (χ4n) is 3.87. The molecule has 7 heteroatoms. The number of hydrogen-bond acceptors (Lipinski definition) is 4. The van der Waals surface area contributed by atoms with Gasteiger partial charge in [-0.3, -0.25) is 9.59 Å². The lowest BCUT2D eigenvalue weighted by atomic mass is 10.0. The van der Waals surface area contributed by atoms with Gasteiger partial charge in [0.15, 0.2) is 5.60 Å². The summed E-state index contributed by atoms with van der Waals surface area (Å²) in [5.41, 5.74) is 1.27. The molecule has 2 aliphatic heterocycles. The van der Waals surface area contributed by atoms with Gasteiger partial charge in [-0.1, -0.05) is 0 Å². The maximum absolute atomic E-state index is 12.7. The zero-order valence-electron chi connectivity index (χ0n) is 13.1. The number of likely N-dealkylation sites (N-methyl/N-ethyl adjacent to an activating group) is 1. The molecule has 4 rings (SSSR count). The quantitative estimate of drug-likeness (QED) is 0.819. The third kappa shape index (κ3) is 2.22. The predicted octanol–water partition coefficient (Wildman–Crippen LogP) is 0.530. The number of aromatic nitrogens is 1. The molecule has 1 aromatic heterocycles. The second kappa shape index (κ2) is 4.84. The Kier molecular flexibility index (Phi) is 3.01. The number of aryl methyl sites for hydroxylation is 2. The van der Waals surface area contributed by atoms with Gasteiger partial charge >= 0.3 is 6.09 Å². The van der Waals surface area contributed by atoms with Crippen molar-refractivity contribution in [2.75, 3.05) is 26.7 Å². The van der Waals surface area contributed by atoms with Crippen molar-refractivity contribution >= 4 is 12.0 Å². The van der Waals surface area contributed by atoms with Crippen molar-refractivity contribution in [2.24, 2.45) is 0 Å². The Morgan fingerprint density at radius 3 is 2.87 bits per heavy atom. The van der Waals surface area contributed by atoms with E-state index in [0.29, 0.717) is 26.1 Å². The number of aromatic amines is 1. The number of ether oxygens (including phenoxy) is 1. The number of carbonyl (C=O) groups excluding carboxylic acids is 2. The number of pyridine rings is 1. The Hall–Kier alpha value is -2.31. The molecule has 1 N–H and O–H groups in total. The summed E-state index contributed by atoms with van der Waals surface area (Å²) >= 11 is 0. The smallest absolute Gasteiger partial charge is 0.410 e. The second-order valence-electron chi connectivity index (χ2n) is 6.75. The maximum Gasteiger partial charge on any atom is 0.410 e. The minimum atomic E-state index is -0.620. The van der Waals surface area contributed by atoms with Gasteiger partial charge in [0.2, 0.25) is 0 Å². The molecule has 2 amide bonds. The van der Waals surface area contributed by atoms with Gasteiger partial charge < -0.3 is 19.5 Å². The predicted molar refractivity (Wildman–Crippen MR) is 81.5 cm³/mol. The minimum absolute atomic E-state index is 0.195. The van der Waals surface area contributed by atoms with Crippen molar-refractivity contribution in [3.05, 3.63) is 33.2 Å². The molecule has 1 atom stereocenters. The highest BCUT2D eigenvalue weighted by Gasteiger charge is 2.49. The molecule has 0 bridgehead atoms. The Labute approximate surface area is 133 Å². The van der Waals surface area contributed by atoms with Crippen LogP contribution in [0.5, 0.6) is 0 Å². The first-order chi connectivity index (χ1) is 11.0. The van der Waals surface area contributed by atoms with E-state index in [1.807, 2.05) is 0 Å². The Balaban J connectivity index is 1.57. The van der Waals surface area contributed by atoms with Crippen LogP contribution in [-0.4, -0.2) is 59.1 Å². The average molecular weight is 317 g/mol. The molecule has 3 heterocycles. The van der Waals surface area contributed by atoms with Gasteiger partial charge in [-0.15, -0.1) is 0 Å². The maximum atomic E-state index is 12.7. The molecule has 1 aromatic rings. The van der Waals surface area contributed by atoms with Crippen LogP contribution in [0, 0.1) is 0 Å². The number of nitrogens with zero attached hydrogens (tertiary/aromatic N) is 2. The van der Waals surface area contributed by atoms with Crippen molar-refractivity contribution in [1.82, 2.24) is 14.8 Å². The molecule has 1 spiro atoms. The molecule has 0 unspecified atom stereocenters. The Bertz CT molecular complexity index is 756. The summed E-state index contributed by atoms with van der Waals surface area (Å²) in [6.45, 7) is 1.32. The third-order valence-electron chi connectivity index (χ3n) is 5.06. The molecule has 0 radical (unpaired) electrons. The standard InChI is InChI=1S/C16H19N3O4/c1-18-8-16(23-15(18)22)5-6-19(9-16)14(21)11-7-10-3-2-4-12(10)17-13(11)20/h7H,2-6,8-9H2,1H3,(H,17,20)/t16-/m0/s1. The monoisotopic (exact) mass is 317 g/mol. The molecule has 7 nitrogen and oxygen atoms in total. The minimum Gasteiger partial charge on any atom is -0.439 e. The largest absolute Gasteiger partial charge is 0.439 e. The highest BCUT2D eigenvalue weighted by molar-refractivity contribution is 5.94. The van der Waals surface area contributed by atoms with Gasteiger partial charge in [0.1, 0.15) is 5.56 Å². The number of likely N-dealkylation sites (tertiary alicyclic amines) is 1. The molecule has 0 saturated carbocycles. The number of H-pyrrole nitrogens is 1. The fraction of sp³-hybridized carbons (Fsp3) is 0.562. The van der Waals surface area contributed by atoms with Gasteiger partial charge in [0, 0.05) is 25.7 Å².